The van der Waals surface area contributed by atoms with Crippen LogP contribution in [0.2, 0.25) is 0 Å². The average Bonchev–Trinajstić information content (AvgIpc) is 3.30. The fourth-order valence-corrected chi connectivity index (χ4v) is 2.88. The van der Waals surface area contributed by atoms with Crippen molar-refractivity contribution in [2.75, 3.05) is 0 Å². The van der Waals surface area contributed by atoms with Gasteiger partial charge in [0.15, 0.2) is 0 Å². The summed E-state index contributed by atoms with van der Waals surface area (Å²) in [5.41, 5.74) is 4.30. The Balaban J connectivity index is 1.49. The van der Waals surface area contributed by atoms with E-state index in [4.69, 9.17) is 0 Å². The van der Waals surface area contributed by atoms with E-state index in [0.29, 0.717) is 18.7 Å². The largest absolute Gasteiger partial charge is 0.348 e. The van der Waals surface area contributed by atoms with Crippen molar-refractivity contribution in [2.24, 2.45) is 7.05 Å². The van der Waals surface area contributed by atoms with E-state index in [2.05, 4.69) is 20.5 Å². The topological polar surface area (TPSA) is 77.6 Å². The average molecular weight is 346 g/mol. The zero-order chi connectivity index (χ0) is 17.9. The molecule has 0 aliphatic carbocycles. The van der Waals surface area contributed by atoms with Crippen LogP contribution in [0.25, 0.3) is 11.0 Å². The van der Waals surface area contributed by atoms with Crippen molar-refractivity contribution in [3.05, 3.63) is 77.9 Å². The number of rotatable bonds is 5. The van der Waals surface area contributed by atoms with Crippen LogP contribution in [-0.4, -0.2) is 30.5 Å². The summed E-state index contributed by atoms with van der Waals surface area (Å²) in [4.78, 5) is 16.8. The molecule has 1 amide bonds. The first-order valence-corrected chi connectivity index (χ1v) is 8.31. The predicted octanol–water partition coefficient (Wildman–Crippen LogP) is 2.14. The molecule has 3 aromatic heterocycles. The number of hydrogen-bond donors (Lipinski definition) is 1. The zero-order valence-corrected chi connectivity index (χ0v) is 14.3. The Morgan fingerprint density at radius 1 is 1.12 bits per heavy atom. The SMILES string of the molecule is Cn1ncc2ncc(C(=O)NCc3ccccc3Cn3cccn3)cc21. The number of aryl methyl sites for hydroxylation is 1. The monoisotopic (exact) mass is 346 g/mol. The molecule has 0 saturated heterocycles. The Morgan fingerprint density at radius 2 is 1.96 bits per heavy atom. The molecule has 1 aromatic carbocycles. The number of pyridine rings is 1. The van der Waals surface area contributed by atoms with Gasteiger partial charge in [-0.15, -0.1) is 0 Å². The molecule has 4 rings (SSSR count). The van der Waals surface area contributed by atoms with Gasteiger partial charge in [0.05, 0.1) is 23.8 Å². The second-order valence-electron chi connectivity index (χ2n) is 6.05. The Labute approximate surface area is 150 Å². The number of carbonyl (C=O) groups is 1. The first-order valence-electron chi connectivity index (χ1n) is 8.31. The van der Waals surface area contributed by atoms with Crippen LogP contribution >= 0.6 is 0 Å². The molecule has 26 heavy (non-hydrogen) atoms. The van der Waals surface area contributed by atoms with Gasteiger partial charge in [0, 0.05) is 32.2 Å². The highest BCUT2D eigenvalue weighted by Gasteiger charge is 2.10. The third kappa shape index (κ3) is 3.19. The fourth-order valence-electron chi connectivity index (χ4n) is 2.88. The minimum atomic E-state index is -0.158. The number of nitrogens with one attached hydrogen (secondary N) is 1. The van der Waals surface area contributed by atoms with Crippen molar-refractivity contribution in [1.29, 1.82) is 0 Å². The summed E-state index contributed by atoms with van der Waals surface area (Å²) in [5, 5.41) is 11.4. The molecule has 0 saturated carbocycles. The lowest BCUT2D eigenvalue weighted by molar-refractivity contribution is 0.0950. The van der Waals surface area contributed by atoms with Crippen LogP contribution in [0, 0.1) is 0 Å². The molecule has 3 heterocycles. The van der Waals surface area contributed by atoms with Gasteiger partial charge in [-0.1, -0.05) is 24.3 Å². The lowest BCUT2D eigenvalue weighted by Gasteiger charge is -2.11. The van der Waals surface area contributed by atoms with Crippen molar-refractivity contribution >= 4 is 16.9 Å². The minimum Gasteiger partial charge on any atom is -0.348 e. The summed E-state index contributed by atoms with van der Waals surface area (Å²) in [5.74, 6) is -0.158. The van der Waals surface area contributed by atoms with E-state index >= 15 is 0 Å². The summed E-state index contributed by atoms with van der Waals surface area (Å²) < 4.78 is 3.57. The van der Waals surface area contributed by atoms with Gasteiger partial charge in [-0.05, 0) is 23.3 Å². The van der Waals surface area contributed by atoms with Gasteiger partial charge in [-0.2, -0.15) is 10.2 Å². The van der Waals surface area contributed by atoms with E-state index in [9.17, 15) is 4.79 Å². The Morgan fingerprint density at radius 3 is 2.77 bits per heavy atom. The highest BCUT2D eigenvalue weighted by molar-refractivity contribution is 5.96. The molecule has 0 fully saturated rings. The van der Waals surface area contributed by atoms with Gasteiger partial charge in [0.2, 0.25) is 0 Å². The van der Waals surface area contributed by atoms with Crippen molar-refractivity contribution in [1.82, 2.24) is 29.9 Å². The Kier molecular flexibility index (Phi) is 4.18. The molecule has 0 radical (unpaired) electrons. The smallest absolute Gasteiger partial charge is 0.253 e. The van der Waals surface area contributed by atoms with Crippen molar-refractivity contribution < 1.29 is 4.79 Å². The van der Waals surface area contributed by atoms with Gasteiger partial charge in [0.1, 0.15) is 5.52 Å². The van der Waals surface area contributed by atoms with E-state index in [0.717, 1.165) is 22.2 Å². The quantitative estimate of drug-likeness (QED) is 0.601. The maximum absolute atomic E-state index is 12.5. The molecule has 0 atom stereocenters. The third-order valence-electron chi connectivity index (χ3n) is 4.31. The van der Waals surface area contributed by atoms with Gasteiger partial charge < -0.3 is 5.32 Å². The number of hydrogen-bond acceptors (Lipinski definition) is 4. The molecule has 130 valence electrons. The summed E-state index contributed by atoms with van der Waals surface area (Å²) in [7, 11) is 1.83. The number of nitrogens with zero attached hydrogens (tertiary/aromatic N) is 5. The van der Waals surface area contributed by atoms with Crippen molar-refractivity contribution in [3.8, 4) is 0 Å². The number of benzene rings is 1. The van der Waals surface area contributed by atoms with Crippen LogP contribution in [0.5, 0.6) is 0 Å². The Bertz CT molecular complexity index is 1050. The van der Waals surface area contributed by atoms with E-state index in [1.807, 2.05) is 48.3 Å². The van der Waals surface area contributed by atoms with Crippen LogP contribution in [0.4, 0.5) is 0 Å². The first kappa shape index (κ1) is 16.0. The van der Waals surface area contributed by atoms with E-state index in [-0.39, 0.29) is 5.91 Å². The second-order valence-corrected chi connectivity index (χ2v) is 6.05. The molecule has 4 aromatic rings. The molecular formula is C19H18N6O. The summed E-state index contributed by atoms with van der Waals surface area (Å²) >= 11 is 0. The van der Waals surface area contributed by atoms with Gasteiger partial charge >= 0.3 is 0 Å². The third-order valence-corrected chi connectivity index (χ3v) is 4.31. The van der Waals surface area contributed by atoms with Crippen molar-refractivity contribution in [2.45, 2.75) is 13.1 Å². The van der Waals surface area contributed by atoms with E-state index in [1.165, 1.54) is 0 Å². The fraction of sp³-hybridized carbons (Fsp3) is 0.158. The number of carbonyl (C=O) groups excluding carboxylic acids is 1. The molecule has 1 N–H and O–H groups in total. The normalized spacial score (nSPS) is 11.0. The molecule has 0 aliphatic rings. The van der Waals surface area contributed by atoms with Crippen molar-refractivity contribution in [3.63, 3.8) is 0 Å². The molecular weight excluding hydrogens is 328 g/mol. The van der Waals surface area contributed by atoms with Gasteiger partial charge in [0.25, 0.3) is 5.91 Å². The highest BCUT2D eigenvalue weighted by atomic mass is 16.1. The maximum Gasteiger partial charge on any atom is 0.253 e. The van der Waals surface area contributed by atoms with Gasteiger partial charge in [-0.3, -0.25) is 19.1 Å². The van der Waals surface area contributed by atoms with Gasteiger partial charge in [-0.25, -0.2) is 0 Å². The Hall–Kier alpha value is -3.48. The van der Waals surface area contributed by atoms with Crippen LogP contribution in [0.1, 0.15) is 21.5 Å². The first-order chi connectivity index (χ1) is 12.7. The summed E-state index contributed by atoms with van der Waals surface area (Å²) in [6, 6.07) is 11.7. The van der Waals surface area contributed by atoms with E-state index in [1.54, 1.807) is 29.3 Å². The maximum atomic E-state index is 12.5. The highest BCUT2D eigenvalue weighted by Crippen LogP contribution is 2.13. The van der Waals surface area contributed by atoms with Crippen LogP contribution in [0.3, 0.4) is 0 Å². The zero-order valence-electron chi connectivity index (χ0n) is 14.3. The number of amides is 1. The second kappa shape index (κ2) is 6.79. The summed E-state index contributed by atoms with van der Waals surface area (Å²) in [6.07, 6.45) is 6.94. The molecule has 0 spiro atoms. The van der Waals surface area contributed by atoms with Crippen LogP contribution in [-0.2, 0) is 20.1 Å². The van der Waals surface area contributed by atoms with Crippen LogP contribution in [0.15, 0.2) is 61.2 Å². The number of aromatic nitrogens is 5. The number of fused-ring (bicyclic) bond motifs is 1. The van der Waals surface area contributed by atoms with Crippen LogP contribution < -0.4 is 5.32 Å². The molecule has 0 aliphatic heterocycles. The molecule has 7 heteroatoms. The lowest BCUT2D eigenvalue weighted by atomic mass is 10.1. The lowest BCUT2D eigenvalue weighted by Crippen LogP contribution is -2.23. The summed E-state index contributed by atoms with van der Waals surface area (Å²) in [6.45, 7) is 1.11. The molecule has 0 unspecified atom stereocenters. The standard InChI is InChI=1S/C19H18N6O/c1-24-18-9-16(11-20-17(18)12-23-24)19(26)21-10-14-5-2-3-6-15(14)13-25-8-4-7-22-25/h2-9,11-12H,10,13H2,1H3,(H,21,26). The molecule has 7 nitrogen and oxygen atoms in total. The van der Waals surface area contributed by atoms with E-state index < -0.39 is 0 Å². The molecule has 0 bridgehead atoms. The minimum absolute atomic E-state index is 0.158. The predicted molar refractivity (Wildman–Crippen MR) is 97.5 cm³/mol.